The smallest absolute Gasteiger partial charge is 0.377 e. The highest BCUT2D eigenvalue weighted by atomic mass is 79.9. The van der Waals surface area contributed by atoms with E-state index in [1.165, 1.54) is 0 Å². The second-order valence-corrected chi connectivity index (χ2v) is 5.90. The molecule has 1 aromatic heterocycles. The minimum Gasteiger partial charge on any atom is -0.454 e. The van der Waals surface area contributed by atoms with Crippen molar-refractivity contribution in [3.8, 4) is 0 Å². The van der Waals surface area contributed by atoms with Crippen molar-refractivity contribution >= 4 is 38.6 Å². The first kappa shape index (κ1) is 13.0. The van der Waals surface area contributed by atoms with E-state index < -0.39 is 11.6 Å². The number of anilines is 1. The molecule has 0 atom stereocenters. The second-order valence-electron chi connectivity index (χ2n) is 4.99. The summed E-state index contributed by atoms with van der Waals surface area (Å²) in [5.74, 6) is -0.495. The van der Waals surface area contributed by atoms with Gasteiger partial charge in [0.25, 0.3) is 0 Å². The average molecular weight is 312 g/mol. The lowest BCUT2D eigenvalue weighted by atomic mass is 10.2. The summed E-state index contributed by atoms with van der Waals surface area (Å²) in [4.78, 5) is 11.9. The zero-order chi connectivity index (χ0) is 13.5. The number of hydrogen-bond acceptors (Lipinski definition) is 4. The topological polar surface area (TPSA) is 65.5 Å². The van der Waals surface area contributed by atoms with Gasteiger partial charge in [-0.2, -0.15) is 0 Å². The summed E-state index contributed by atoms with van der Waals surface area (Å²) in [7, 11) is 0. The molecule has 96 valence electrons. The van der Waals surface area contributed by atoms with Gasteiger partial charge in [0.2, 0.25) is 5.76 Å². The first-order chi connectivity index (χ1) is 8.28. The van der Waals surface area contributed by atoms with E-state index in [1.807, 2.05) is 12.1 Å². The predicted molar refractivity (Wildman–Crippen MR) is 73.5 cm³/mol. The zero-order valence-corrected chi connectivity index (χ0v) is 12.0. The molecule has 0 aliphatic carbocycles. The number of ether oxygens (including phenoxy) is 1. The fraction of sp³-hybridized carbons (Fsp3) is 0.308. The molecule has 0 spiro atoms. The van der Waals surface area contributed by atoms with E-state index in [1.54, 1.807) is 26.8 Å². The van der Waals surface area contributed by atoms with Crippen LogP contribution in [-0.4, -0.2) is 11.6 Å². The number of esters is 1. The molecule has 2 aromatic rings. The van der Waals surface area contributed by atoms with Gasteiger partial charge >= 0.3 is 5.97 Å². The molecule has 0 fully saturated rings. The van der Waals surface area contributed by atoms with Gasteiger partial charge < -0.3 is 14.9 Å². The lowest BCUT2D eigenvalue weighted by Crippen LogP contribution is -2.24. The number of fused-ring (bicyclic) bond motifs is 1. The number of nitrogens with two attached hydrogens (primary N) is 1. The standard InChI is InChI=1S/C13H14BrNO3/c1-13(2,3)18-12(16)11-10(15)8-6-7(14)4-5-9(8)17-11/h4-6H,15H2,1-3H3. The van der Waals surface area contributed by atoms with Crippen LogP contribution in [0.5, 0.6) is 0 Å². The number of benzene rings is 1. The third-order valence-electron chi connectivity index (χ3n) is 2.27. The Balaban J connectivity index is 2.46. The maximum atomic E-state index is 11.9. The van der Waals surface area contributed by atoms with E-state index >= 15 is 0 Å². The van der Waals surface area contributed by atoms with Crippen molar-refractivity contribution < 1.29 is 13.9 Å². The Labute approximate surface area is 113 Å². The van der Waals surface area contributed by atoms with Crippen LogP contribution in [0.3, 0.4) is 0 Å². The Morgan fingerprint density at radius 2 is 2.06 bits per heavy atom. The monoisotopic (exact) mass is 311 g/mol. The minimum atomic E-state index is -0.580. The van der Waals surface area contributed by atoms with Crippen molar-refractivity contribution in [1.29, 1.82) is 0 Å². The maximum Gasteiger partial charge on any atom is 0.377 e. The quantitative estimate of drug-likeness (QED) is 0.815. The highest BCUT2D eigenvalue weighted by Crippen LogP contribution is 2.31. The molecule has 0 saturated carbocycles. The van der Waals surface area contributed by atoms with Gasteiger partial charge in [-0.1, -0.05) is 15.9 Å². The van der Waals surface area contributed by atoms with Crippen molar-refractivity contribution in [2.45, 2.75) is 26.4 Å². The number of hydrogen-bond donors (Lipinski definition) is 1. The van der Waals surface area contributed by atoms with E-state index in [9.17, 15) is 4.79 Å². The van der Waals surface area contributed by atoms with Gasteiger partial charge in [-0.05, 0) is 39.0 Å². The molecule has 1 aromatic carbocycles. The number of furan rings is 1. The summed E-state index contributed by atoms with van der Waals surface area (Å²) in [5, 5.41) is 0.699. The van der Waals surface area contributed by atoms with Crippen molar-refractivity contribution in [2.75, 3.05) is 5.73 Å². The van der Waals surface area contributed by atoms with Gasteiger partial charge in [0.15, 0.2) is 0 Å². The van der Waals surface area contributed by atoms with Crippen LogP contribution in [0.1, 0.15) is 31.3 Å². The highest BCUT2D eigenvalue weighted by molar-refractivity contribution is 9.10. The number of nitrogen functional groups attached to an aromatic ring is 1. The van der Waals surface area contributed by atoms with Crippen molar-refractivity contribution in [2.24, 2.45) is 0 Å². The fourth-order valence-corrected chi connectivity index (χ4v) is 1.93. The molecular weight excluding hydrogens is 298 g/mol. The van der Waals surface area contributed by atoms with Crippen molar-refractivity contribution in [3.63, 3.8) is 0 Å². The Hall–Kier alpha value is -1.49. The Kier molecular flexibility index (Phi) is 3.11. The molecular formula is C13H14BrNO3. The fourth-order valence-electron chi connectivity index (χ4n) is 1.56. The van der Waals surface area contributed by atoms with Crippen LogP contribution in [0.2, 0.25) is 0 Å². The Bertz CT molecular complexity index is 610. The number of halogens is 1. The van der Waals surface area contributed by atoms with E-state index in [-0.39, 0.29) is 5.76 Å². The molecule has 2 N–H and O–H groups in total. The molecule has 5 heteroatoms. The van der Waals surface area contributed by atoms with Crippen LogP contribution < -0.4 is 5.73 Å². The van der Waals surface area contributed by atoms with Crippen LogP contribution in [-0.2, 0) is 4.74 Å². The number of carbonyl (C=O) groups is 1. The van der Waals surface area contributed by atoms with Crippen molar-refractivity contribution in [1.82, 2.24) is 0 Å². The highest BCUT2D eigenvalue weighted by Gasteiger charge is 2.24. The van der Waals surface area contributed by atoms with Crippen LogP contribution in [0.25, 0.3) is 11.0 Å². The maximum absolute atomic E-state index is 11.9. The molecule has 4 nitrogen and oxygen atoms in total. The van der Waals surface area contributed by atoms with Gasteiger partial charge in [0.05, 0.1) is 5.69 Å². The molecule has 0 aliphatic heterocycles. The zero-order valence-electron chi connectivity index (χ0n) is 10.4. The summed E-state index contributed by atoms with van der Waals surface area (Å²) in [6.45, 7) is 5.38. The van der Waals surface area contributed by atoms with E-state index in [0.717, 1.165) is 4.47 Å². The molecule has 0 unspecified atom stereocenters. The van der Waals surface area contributed by atoms with Gasteiger partial charge in [0.1, 0.15) is 11.2 Å². The number of rotatable bonds is 1. The van der Waals surface area contributed by atoms with Gasteiger partial charge in [-0.3, -0.25) is 0 Å². The molecule has 1 heterocycles. The molecule has 0 radical (unpaired) electrons. The molecule has 0 amide bonds. The number of carbonyl (C=O) groups excluding carboxylic acids is 1. The van der Waals surface area contributed by atoms with E-state index in [2.05, 4.69) is 15.9 Å². The van der Waals surface area contributed by atoms with Gasteiger partial charge in [-0.15, -0.1) is 0 Å². The van der Waals surface area contributed by atoms with E-state index in [4.69, 9.17) is 14.9 Å². The van der Waals surface area contributed by atoms with Crippen molar-refractivity contribution in [3.05, 3.63) is 28.4 Å². The summed E-state index contributed by atoms with van der Waals surface area (Å²) in [6.07, 6.45) is 0. The second kappa shape index (κ2) is 4.31. The molecule has 0 bridgehead atoms. The first-order valence-corrected chi connectivity index (χ1v) is 6.28. The summed E-state index contributed by atoms with van der Waals surface area (Å²) >= 11 is 3.35. The van der Waals surface area contributed by atoms with Gasteiger partial charge in [0, 0.05) is 9.86 Å². The van der Waals surface area contributed by atoms with Crippen LogP contribution in [0, 0.1) is 0 Å². The minimum absolute atomic E-state index is 0.0537. The molecule has 0 saturated heterocycles. The molecule has 2 rings (SSSR count). The normalized spacial score (nSPS) is 11.8. The lowest BCUT2D eigenvalue weighted by molar-refractivity contribution is 0.00398. The lowest BCUT2D eigenvalue weighted by Gasteiger charge is -2.18. The largest absolute Gasteiger partial charge is 0.454 e. The van der Waals surface area contributed by atoms with Crippen LogP contribution >= 0.6 is 15.9 Å². The Morgan fingerprint density at radius 3 is 2.67 bits per heavy atom. The molecule has 0 aliphatic rings. The third kappa shape index (κ3) is 2.51. The SMILES string of the molecule is CC(C)(C)OC(=O)c1oc2ccc(Br)cc2c1N. The van der Waals surface area contributed by atoms with Crippen LogP contribution in [0.15, 0.2) is 27.1 Å². The summed E-state index contributed by atoms with van der Waals surface area (Å²) in [6, 6.07) is 5.38. The van der Waals surface area contributed by atoms with Gasteiger partial charge in [-0.25, -0.2) is 4.79 Å². The summed E-state index contributed by atoms with van der Waals surface area (Å²) < 4.78 is 11.6. The Morgan fingerprint density at radius 1 is 1.39 bits per heavy atom. The summed E-state index contributed by atoms with van der Waals surface area (Å²) in [5.41, 5.74) is 6.20. The third-order valence-corrected chi connectivity index (χ3v) is 2.77. The van der Waals surface area contributed by atoms with Crippen LogP contribution in [0.4, 0.5) is 5.69 Å². The molecule has 18 heavy (non-hydrogen) atoms. The first-order valence-electron chi connectivity index (χ1n) is 5.49. The van der Waals surface area contributed by atoms with E-state index in [0.29, 0.717) is 16.7 Å². The predicted octanol–water partition coefficient (Wildman–Crippen LogP) is 3.73. The average Bonchev–Trinajstić information content (AvgIpc) is 2.54.